The molecule has 2 aromatic rings. The van der Waals surface area contributed by atoms with Crippen LogP contribution in [-0.2, 0) is 20.0 Å². The highest BCUT2D eigenvalue weighted by atomic mass is 127. The molecule has 1 aliphatic rings. The quantitative estimate of drug-likeness (QED) is 0.304. The highest BCUT2D eigenvalue weighted by Gasteiger charge is 2.18. The molecule has 0 amide bonds. The smallest absolute Gasteiger partial charge is 0.191 e. The lowest BCUT2D eigenvalue weighted by molar-refractivity contribution is 0.270. The van der Waals surface area contributed by atoms with Gasteiger partial charge in [0.25, 0.3) is 0 Å². The molecular formula is C21H35IN6S. The van der Waals surface area contributed by atoms with Crippen LogP contribution in [0, 0.1) is 18.8 Å². The van der Waals surface area contributed by atoms with E-state index in [9.17, 15) is 0 Å². The fourth-order valence-corrected chi connectivity index (χ4v) is 4.60. The maximum absolute atomic E-state index is 4.76. The zero-order valence-corrected chi connectivity index (χ0v) is 21.0. The monoisotopic (exact) mass is 530 g/mol. The standard InChI is InChI=1S/C21H34N6S.HI/c1-16-6-4-7-18(14-16)9-11-22-21(23-12-10-19-8-5-13-28-19)24-15-20-26-25-17(2)27(20)3;/h5,8,13,16,18H,4,6-7,9-12,14-15H2,1-3H3,(H2,22,23,24);1H. The molecule has 0 aliphatic heterocycles. The Balaban J connectivity index is 0.00000300. The Morgan fingerprint density at radius 1 is 1.28 bits per heavy atom. The number of aromatic nitrogens is 3. The first kappa shape index (κ1) is 24.1. The molecule has 2 atom stereocenters. The van der Waals surface area contributed by atoms with Crippen LogP contribution in [0.1, 0.15) is 55.6 Å². The zero-order chi connectivity index (χ0) is 19.8. The first-order chi connectivity index (χ1) is 13.6. The first-order valence-corrected chi connectivity index (χ1v) is 11.4. The molecule has 1 aliphatic carbocycles. The fourth-order valence-electron chi connectivity index (χ4n) is 3.89. The number of hydrogen-bond acceptors (Lipinski definition) is 4. The van der Waals surface area contributed by atoms with Crippen molar-refractivity contribution in [2.24, 2.45) is 23.9 Å². The van der Waals surface area contributed by atoms with Gasteiger partial charge in [-0.2, -0.15) is 0 Å². The molecule has 2 unspecified atom stereocenters. The van der Waals surface area contributed by atoms with Crippen molar-refractivity contribution in [1.29, 1.82) is 0 Å². The summed E-state index contributed by atoms with van der Waals surface area (Å²) in [4.78, 5) is 6.15. The highest BCUT2D eigenvalue weighted by Crippen LogP contribution is 2.30. The van der Waals surface area contributed by atoms with Crippen LogP contribution in [0.4, 0.5) is 0 Å². The lowest BCUT2D eigenvalue weighted by Crippen LogP contribution is -2.39. The molecule has 1 saturated carbocycles. The van der Waals surface area contributed by atoms with Gasteiger partial charge in [0.05, 0.1) is 0 Å². The van der Waals surface area contributed by atoms with E-state index in [1.807, 2.05) is 18.5 Å². The van der Waals surface area contributed by atoms with E-state index < -0.39 is 0 Å². The maximum atomic E-state index is 4.76. The molecule has 0 aromatic carbocycles. The Morgan fingerprint density at radius 3 is 2.79 bits per heavy atom. The Kier molecular flexibility index (Phi) is 10.4. The van der Waals surface area contributed by atoms with Crippen LogP contribution >= 0.6 is 35.3 Å². The SMILES string of the molecule is Cc1nnc(CN=C(NCCc2cccs2)NCCC2CCCC(C)C2)n1C.I. The molecule has 0 saturated heterocycles. The topological polar surface area (TPSA) is 67.1 Å². The minimum absolute atomic E-state index is 0. The fraction of sp³-hybridized carbons (Fsp3) is 0.667. The molecule has 0 radical (unpaired) electrons. The van der Waals surface area contributed by atoms with E-state index in [1.54, 1.807) is 11.3 Å². The van der Waals surface area contributed by atoms with E-state index in [4.69, 9.17) is 4.99 Å². The maximum Gasteiger partial charge on any atom is 0.191 e. The molecule has 2 heterocycles. The van der Waals surface area contributed by atoms with Crippen LogP contribution in [0.3, 0.4) is 0 Å². The van der Waals surface area contributed by atoms with Crippen molar-refractivity contribution < 1.29 is 0 Å². The summed E-state index contributed by atoms with van der Waals surface area (Å²) in [6, 6.07) is 4.29. The number of guanidine groups is 1. The number of rotatable bonds is 8. The Labute approximate surface area is 196 Å². The van der Waals surface area contributed by atoms with E-state index in [0.717, 1.165) is 49.0 Å². The molecule has 2 aromatic heterocycles. The van der Waals surface area contributed by atoms with Crippen LogP contribution in [0.15, 0.2) is 22.5 Å². The Morgan fingerprint density at radius 2 is 2.10 bits per heavy atom. The van der Waals surface area contributed by atoms with Gasteiger partial charge in [-0.05, 0) is 49.5 Å². The second-order valence-electron chi connectivity index (χ2n) is 8.00. The van der Waals surface area contributed by atoms with E-state index in [1.165, 1.54) is 37.0 Å². The number of nitrogens with zero attached hydrogens (tertiary/aromatic N) is 4. The molecule has 0 bridgehead atoms. The number of aliphatic imine (C=N–C) groups is 1. The van der Waals surface area contributed by atoms with Gasteiger partial charge in [0, 0.05) is 25.0 Å². The van der Waals surface area contributed by atoms with Crippen molar-refractivity contribution in [3.63, 3.8) is 0 Å². The number of nitrogens with one attached hydrogen (secondary N) is 2. The van der Waals surface area contributed by atoms with Crippen molar-refractivity contribution >= 4 is 41.3 Å². The van der Waals surface area contributed by atoms with Gasteiger partial charge in [0.1, 0.15) is 12.4 Å². The van der Waals surface area contributed by atoms with E-state index in [-0.39, 0.29) is 24.0 Å². The lowest BCUT2D eigenvalue weighted by Gasteiger charge is -2.26. The summed E-state index contributed by atoms with van der Waals surface area (Å²) in [5, 5.41) is 17.5. The minimum atomic E-state index is 0. The van der Waals surface area contributed by atoms with Crippen LogP contribution in [0.5, 0.6) is 0 Å². The molecule has 8 heteroatoms. The minimum Gasteiger partial charge on any atom is -0.356 e. The third-order valence-electron chi connectivity index (χ3n) is 5.70. The van der Waals surface area contributed by atoms with E-state index in [0.29, 0.717) is 6.54 Å². The lowest BCUT2D eigenvalue weighted by atomic mass is 9.81. The van der Waals surface area contributed by atoms with Gasteiger partial charge in [-0.3, -0.25) is 0 Å². The van der Waals surface area contributed by atoms with Gasteiger partial charge in [-0.15, -0.1) is 45.5 Å². The van der Waals surface area contributed by atoms with Gasteiger partial charge in [-0.25, -0.2) is 4.99 Å². The van der Waals surface area contributed by atoms with Crippen molar-refractivity contribution in [3.05, 3.63) is 34.0 Å². The van der Waals surface area contributed by atoms with Gasteiger partial charge in [-0.1, -0.05) is 32.3 Å². The van der Waals surface area contributed by atoms with Crippen LogP contribution in [-0.4, -0.2) is 33.8 Å². The van der Waals surface area contributed by atoms with Crippen molar-refractivity contribution in [2.45, 2.75) is 58.9 Å². The van der Waals surface area contributed by atoms with Gasteiger partial charge in [0.15, 0.2) is 11.8 Å². The number of hydrogen-bond donors (Lipinski definition) is 2. The Hall–Kier alpha value is -1.16. The van der Waals surface area contributed by atoms with Crippen molar-refractivity contribution in [3.8, 4) is 0 Å². The van der Waals surface area contributed by atoms with Crippen LogP contribution in [0.2, 0.25) is 0 Å². The number of aryl methyl sites for hydroxylation is 1. The normalized spacial score (nSPS) is 19.6. The van der Waals surface area contributed by atoms with Gasteiger partial charge >= 0.3 is 0 Å². The largest absolute Gasteiger partial charge is 0.356 e. The number of halogens is 1. The molecule has 2 N–H and O–H groups in total. The van der Waals surface area contributed by atoms with Gasteiger partial charge < -0.3 is 15.2 Å². The summed E-state index contributed by atoms with van der Waals surface area (Å²) >= 11 is 1.80. The van der Waals surface area contributed by atoms with Crippen molar-refractivity contribution in [1.82, 2.24) is 25.4 Å². The summed E-state index contributed by atoms with van der Waals surface area (Å²) in [6.45, 7) is 6.74. The van der Waals surface area contributed by atoms with E-state index in [2.05, 4.69) is 45.3 Å². The van der Waals surface area contributed by atoms with Crippen molar-refractivity contribution in [2.75, 3.05) is 13.1 Å². The second-order valence-corrected chi connectivity index (χ2v) is 9.03. The van der Waals surface area contributed by atoms with Gasteiger partial charge in [0.2, 0.25) is 0 Å². The third kappa shape index (κ3) is 7.88. The Bertz CT molecular complexity index is 742. The summed E-state index contributed by atoms with van der Waals surface area (Å²) in [5.41, 5.74) is 0. The average Bonchev–Trinajstić information content (AvgIpc) is 3.30. The summed E-state index contributed by atoms with van der Waals surface area (Å²) < 4.78 is 2.00. The predicted octanol–water partition coefficient (Wildman–Crippen LogP) is 4.30. The predicted molar refractivity (Wildman–Crippen MR) is 132 cm³/mol. The van der Waals surface area contributed by atoms with Crippen LogP contribution < -0.4 is 10.6 Å². The molecule has 0 spiro atoms. The summed E-state index contributed by atoms with van der Waals surface area (Å²) in [5.74, 6) is 4.41. The third-order valence-corrected chi connectivity index (χ3v) is 6.63. The molecule has 1 fully saturated rings. The first-order valence-electron chi connectivity index (χ1n) is 10.5. The molecule has 162 valence electrons. The summed E-state index contributed by atoms with van der Waals surface area (Å²) in [7, 11) is 1.99. The highest BCUT2D eigenvalue weighted by molar-refractivity contribution is 14.0. The van der Waals surface area contributed by atoms with Crippen LogP contribution in [0.25, 0.3) is 0 Å². The molecule has 29 heavy (non-hydrogen) atoms. The molecular weight excluding hydrogens is 495 g/mol. The van der Waals surface area contributed by atoms with E-state index >= 15 is 0 Å². The average molecular weight is 531 g/mol. The number of thiophene rings is 1. The zero-order valence-electron chi connectivity index (χ0n) is 17.9. The molecule has 3 rings (SSSR count). The molecule has 6 nitrogen and oxygen atoms in total. The second kappa shape index (κ2) is 12.5. The summed E-state index contributed by atoms with van der Waals surface area (Å²) in [6.07, 6.45) is 7.77.